The summed E-state index contributed by atoms with van der Waals surface area (Å²) in [7, 11) is 0. The fraction of sp³-hybridized carbons (Fsp3) is 0.273. The van der Waals surface area contributed by atoms with Gasteiger partial charge in [-0.25, -0.2) is 4.79 Å². The molecule has 4 nitrogen and oxygen atoms in total. The monoisotopic (exact) mass is 205 g/mol. The smallest absolute Gasteiger partial charge is 0.336 e. The Kier molecular flexibility index (Phi) is 2.41. The molecule has 1 aliphatic heterocycles. The zero-order chi connectivity index (χ0) is 10.8. The first-order valence-corrected chi connectivity index (χ1v) is 4.70. The second-order valence-corrected chi connectivity index (χ2v) is 3.52. The lowest BCUT2D eigenvalue weighted by molar-refractivity contribution is 0.0664. The van der Waals surface area contributed by atoms with E-state index in [0.717, 1.165) is 5.71 Å². The van der Waals surface area contributed by atoms with E-state index in [1.165, 1.54) is 0 Å². The molecule has 1 atom stereocenters. The SMILES string of the molecule is CC1=NOC(c2ccccc2C(=O)O)C1. The summed E-state index contributed by atoms with van der Waals surface area (Å²) in [5.74, 6) is -0.932. The van der Waals surface area contributed by atoms with Crippen molar-refractivity contribution in [3.8, 4) is 0 Å². The van der Waals surface area contributed by atoms with Gasteiger partial charge in [0.05, 0.1) is 11.3 Å². The van der Waals surface area contributed by atoms with Crippen LogP contribution in [0, 0.1) is 0 Å². The van der Waals surface area contributed by atoms with Crippen LogP contribution in [0.4, 0.5) is 0 Å². The van der Waals surface area contributed by atoms with Crippen LogP contribution in [-0.2, 0) is 4.84 Å². The van der Waals surface area contributed by atoms with Crippen molar-refractivity contribution in [2.45, 2.75) is 19.4 Å². The first-order chi connectivity index (χ1) is 7.18. The molecule has 0 fully saturated rings. The molecule has 1 aromatic rings. The summed E-state index contributed by atoms with van der Waals surface area (Å²) in [6.07, 6.45) is 0.405. The number of carboxylic acids is 1. The Balaban J connectivity index is 2.32. The summed E-state index contributed by atoms with van der Waals surface area (Å²) in [6.45, 7) is 1.86. The maximum Gasteiger partial charge on any atom is 0.336 e. The highest BCUT2D eigenvalue weighted by molar-refractivity contribution is 5.90. The largest absolute Gasteiger partial charge is 0.478 e. The van der Waals surface area contributed by atoms with E-state index in [2.05, 4.69) is 5.16 Å². The number of aromatic carboxylic acids is 1. The molecule has 1 N–H and O–H groups in total. The van der Waals surface area contributed by atoms with E-state index in [1.807, 2.05) is 6.92 Å². The third-order valence-corrected chi connectivity index (χ3v) is 2.35. The van der Waals surface area contributed by atoms with Gasteiger partial charge in [0.15, 0.2) is 6.10 Å². The molecule has 0 bridgehead atoms. The highest BCUT2D eigenvalue weighted by atomic mass is 16.6. The van der Waals surface area contributed by atoms with Crippen LogP contribution in [-0.4, -0.2) is 16.8 Å². The molecule has 1 heterocycles. The molecule has 0 saturated heterocycles. The van der Waals surface area contributed by atoms with Gasteiger partial charge in [-0.2, -0.15) is 0 Å². The Bertz CT molecular complexity index is 426. The molecule has 0 radical (unpaired) electrons. The lowest BCUT2D eigenvalue weighted by Crippen LogP contribution is -2.07. The maximum atomic E-state index is 11.0. The summed E-state index contributed by atoms with van der Waals surface area (Å²) >= 11 is 0. The third kappa shape index (κ3) is 1.83. The second-order valence-electron chi connectivity index (χ2n) is 3.52. The van der Waals surface area contributed by atoms with Crippen molar-refractivity contribution in [3.05, 3.63) is 35.4 Å². The molecule has 15 heavy (non-hydrogen) atoms. The molecule has 4 heteroatoms. The van der Waals surface area contributed by atoms with Crippen molar-refractivity contribution in [2.75, 3.05) is 0 Å². The number of hydrogen-bond acceptors (Lipinski definition) is 3. The van der Waals surface area contributed by atoms with Gasteiger partial charge in [0.25, 0.3) is 0 Å². The number of nitrogens with zero attached hydrogens (tertiary/aromatic N) is 1. The van der Waals surface area contributed by atoms with Gasteiger partial charge in [-0.15, -0.1) is 0 Å². The average molecular weight is 205 g/mol. The number of rotatable bonds is 2. The van der Waals surface area contributed by atoms with Crippen molar-refractivity contribution in [1.82, 2.24) is 0 Å². The predicted octanol–water partition coefficient (Wildman–Crippen LogP) is 2.22. The van der Waals surface area contributed by atoms with E-state index >= 15 is 0 Å². The number of carboxylic acid groups (broad SMARTS) is 1. The summed E-state index contributed by atoms with van der Waals surface area (Å²) in [5, 5.41) is 12.8. The van der Waals surface area contributed by atoms with Gasteiger partial charge in [0.1, 0.15) is 0 Å². The van der Waals surface area contributed by atoms with Crippen LogP contribution in [0.1, 0.15) is 35.4 Å². The summed E-state index contributed by atoms with van der Waals surface area (Å²) in [6, 6.07) is 6.85. The number of oxime groups is 1. The van der Waals surface area contributed by atoms with Crippen LogP contribution in [0.3, 0.4) is 0 Å². The maximum absolute atomic E-state index is 11.0. The molecule has 1 aliphatic rings. The van der Waals surface area contributed by atoms with Crippen LogP contribution < -0.4 is 0 Å². The number of benzene rings is 1. The quantitative estimate of drug-likeness (QED) is 0.805. The molecule has 2 rings (SSSR count). The summed E-state index contributed by atoms with van der Waals surface area (Å²) in [4.78, 5) is 16.1. The van der Waals surface area contributed by atoms with Crippen LogP contribution in [0.2, 0.25) is 0 Å². The second kappa shape index (κ2) is 3.73. The van der Waals surface area contributed by atoms with E-state index in [1.54, 1.807) is 24.3 Å². The first kappa shape index (κ1) is 9.71. The standard InChI is InChI=1S/C11H11NO3/c1-7-6-10(15-12-7)8-4-2-3-5-9(8)11(13)14/h2-5,10H,6H2,1H3,(H,13,14). The lowest BCUT2D eigenvalue weighted by Gasteiger charge is -2.10. The van der Waals surface area contributed by atoms with E-state index in [-0.39, 0.29) is 11.7 Å². The minimum Gasteiger partial charge on any atom is -0.478 e. The van der Waals surface area contributed by atoms with Gasteiger partial charge in [0, 0.05) is 12.0 Å². The van der Waals surface area contributed by atoms with E-state index in [0.29, 0.717) is 12.0 Å². The van der Waals surface area contributed by atoms with Crippen molar-refractivity contribution in [2.24, 2.45) is 5.16 Å². The van der Waals surface area contributed by atoms with Crippen molar-refractivity contribution in [3.63, 3.8) is 0 Å². The lowest BCUT2D eigenvalue weighted by atomic mass is 9.99. The van der Waals surface area contributed by atoms with Crippen LogP contribution in [0.15, 0.2) is 29.4 Å². The molecule has 0 aliphatic carbocycles. The molecular formula is C11H11NO3. The minimum absolute atomic E-state index is 0.253. The first-order valence-electron chi connectivity index (χ1n) is 4.70. The van der Waals surface area contributed by atoms with Gasteiger partial charge in [-0.3, -0.25) is 0 Å². The van der Waals surface area contributed by atoms with E-state index in [4.69, 9.17) is 9.94 Å². The zero-order valence-electron chi connectivity index (χ0n) is 8.30. The number of hydrogen-bond donors (Lipinski definition) is 1. The van der Waals surface area contributed by atoms with E-state index < -0.39 is 5.97 Å². The summed E-state index contributed by atoms with van der Waals surface area (Å²) in [5.41, 5.74) is 1.86. The molecule has 0 amide bonds. The van der Waals surface area contributed by atoms with E-state index in [9.17, 15) is 4.79 Å². The molecule has 0 saturated carbocycles. The average Bonchev–Trinajstić information content (AvgIpc) is 2.65. The normalized spacial score (nSPS) is 19.5. The Labute approximate surface area is 87.2 Å². The zero-order valence-corrected chi connectivity index (χ0v) is 8.30. The molecular weight excluding hydrogens is 194 g/mol. The Morgan fingerprint density at radius 3 is 2.87 bits per heavy atom. The van der Waals surface area contributed by atoms with Crippen molar-refractivity contribution < 1.29 is 14.7 Å². The topological polar surface area (TPSA) is 58.9 Å². The van der Waals surface area contributed by atoms with Crippen molar-refractivity contribution in [1.29, 1.82) is 0 Å². The van der Waals surface area contributed by atoms with Crippen LogP contribution in [0.25, 0.3) is 0 Å². The fourth-order valence-corrected chi connectivity index (χ4v) is 1.64. The molecule has 0 aromatic heterocycles. The highest BCUT2D eigenvalue weighted by Crippen LogP contribution is 2.29. The minimum atomic E-state index is -0.932. The van der Waals surface area contributed by atoms with Gasteiger partial charge in [-0.05, 0) is 13.0 Å². The third-order valence-electron chi connectivity index (χ3n) is 2.35. The molecule has 78 valence electrons. The summed E-state index contributed by atoms with van der Waals surface area (Å²) < 4.78 is 0. The van der Waals surface area contributed by atoms with Gasteiger partial charge >= 0.3 is 5.97 Å². The van der Waals surface area contributed by atoms with Crippen LogP contribution >= 0.6 is 0 Å². The number of carbonyl (C=O) groups is 1. The highest BCUT2D eigenvalue weighted by Gasteiger charge is 2.24. The fourth-order valence-electron chi connectivity index (χ4n) is 1.64. The van der Waals surface area contributed by atoms with Crippen molar-refractivity contribution >= 4 is 11.7 Å². The Hall–Kier alpha value is -1.84. The Morgan fingerprint density at radius 1 is 1.53 bits per heavy atom. The molecule has 0 spiro atoms. The molecule has 1 aromatic carbocycles. The Morgan fingerprint density at radius 2 is 2.27 bits per heavy atom. The van der Waals surface area contributed by atoms with Gasteiger partial charge in [0.2, 0.25) is 0 Å². The van der Waals surface area contributed by atoms with Gasteiger partial charge < -0.3 is 9.94 Å². The van der Waals surface area contributed by atoms with Gasteiger partial charge in [-0.1, -0.05) is 23.4 Å². The molecule has 1 unspecified atom stereocenters. The predicted molar refractivity (Wildman–Crippen MR) is 55.0 cm³/mol. The van der Waals surface area contributed by atoms with Crippen LogP contribution in [0.5, 0.6) is 0 Å².